The summed E-state index contributed by atoms with van der Waals surface area (Å²) in [7, 11) is 0. The lowest BCUT2D eigenvalue weighted by molar-refractivity contribution is 0.767. The zero-order chi connectivity index (χ0) is 46.2. The first kappa shape index (κ1) is 42.8. The average molecular weight is 873 g/mol. The predicted molar refractivity (Wildman–Crippen MR) is 291 cm³/mol. The van der Waals surface area contributed by atoms with Gasteiger partial charge in [0.2, 0.25) is 0 Å². The Morgan fingerprint density at radius 3 is 1.59 bits per heavy atom. The minimum atomic E-state index is -0.263. The fourth-order valence-electron chi connectivity index (χ4n) is 11.1. The number of rotatable bonds is 3. The van der Waals surface area contributed by atoms with E-state index >= 15 is 0 Å². The summed E-state index contributed by atoms with van der Waals surface area (Å²) >= 11 is 0. The van der Waals surface area contributed by atoms with Crippen LogP contribution in [0.25, 0.3) is 67.1 Å². The van der Waals surface area contributed by atoms with Gasteiger partial charge < -0.3 is 0 Å². The van der Waals surface area contributed by atoms with Crippen molar-refractivity contribution in [3.8, 4) is 33.4 Å². The van der Waals surface area contributed by atoms with Gasteiger partial charge in [-0.05, 0) is 145 Å². The van der Waals surface area contributed by atoms with Crippen LogP contribution in [0.2, 0.25) is 0 Å². The molecule has 13 rings (SSSR count). The monoisotopic (exact) mass is 872 g/mol. The third kappa shape index (κ3) is 7.71. The van der Waals surface area contributed by atoms with Crippen LogP contribution in [0, 0.1) is 26.7 Å². The van der Waals surface area contributed by atoms with Crippen molar-refractivity contribution in [1.29, 1.82) is 0 Å². The summed E-state index contributed by atoms with van der Waals surface area (Å²) in [6, 6.07) is 77.7. The number of hydrogen-bond donors (Lipinski definition) is 0. The van der Waals surface area contributed by atoms with Gasteiger partial charge in [0.05, 0.1) is 5.41 Å². The topological polar surface area (TPSA) is 0 Å². The molecule has 0 amide bonds. The van der Waals surface area contributed by atoms with Crippen molar-refractivity contribution < 1.29 is 0 Å². The molecule has 0 fully saturated rings. The summed E-state index contributed by atoms with van der Waals surface area (Å²) < 4.78 is 0. The highest BCUT2D eigenvalue weighted by molar-refractivity contribution is 6.15. The van der Waals surface area contributed by atoms with Crippen LogP contribution in [-0.2, 0) is 18.3 Å². The van der Waals surface area contributed by atoms with Crippen LogP contribution < -0.4 is 0 Å². The maximum atomic E-state index is 2.37. The molecule has 1 atom stereocenters. The van der Waals surface area contributed by atoms with Crippen molar-refractivity contribution in [3.05, 3.63) is 286 Å². The van der Waals surface area contributed by atoms with E-state index in [1.54, 1.807) is 0 Å². The largest absolute Gasteiger partial charge is 0.0773 e. The Hall–Kier alpha value is -7.80. The molecule has 0 aliphatic heterocycles. The number of hydrogen-bond acceptors (Lipinski definition) is 0. The maximum Gasteiger partial charge on any atom is 0.0713 e. The van der Waals surface area contributed by atoms with Gasteiger partial charge in [-0.25, -0.2) is 0 Å². The molecule has 0 heterocycles. The first-order valence-electron chi connectivity index (χ1n) is 24.3. The molecule has 3 aliphatic rings. The van der Waals surface area contributed by atoms with Gasteiger partial charge in [-0.1, -0.05) is 254 Å². The summed E-state index contributed by atoms with van der Waals surface area (Å²) in [5.41, 5.74) is 22.8. The predicted octanol–water partition coefficient (Wildman–Crippen LogP) is 17.8. The highest BCUT2D eigenvalue weighted by atomic mass is 14.5. The van der Waals surface area contributed by atoms with E-state index in [0.29, 0.717) is 5.92 Å². The minimum Gasteiger partial charge on any atom is -0.0773 e. The molecule has 0 spiro atoms. The molecule has 0 nitrogen and oxygen atoms in total. The van der Waals surface area contributed by atoms with Crippen LogP contribution in [0.1, 0.15) is 68.1 Å². The normalized spacial score (nSPS) is 14.5. The molecule has 0 heteroatoms. The van der Waals surface area contributed by atoms with Gasteiger partial charge in [0.1, 0.15) is 0 Å². The van der Waals surface area contributed by atoms with E-state index in [0.717, 1.165) is 0 Å². The van der Waals surface area contributed by atoms with E-state index in [-0.39, 0.29) is 5.41 Å². The van der Waals surface area contributed by atoms with E-state index in [9.17, 15) is 0 Å². The fourth-order valence-corrected chi connectivity index (χ4v) is 11.1. The van der Waals surface area contributed by atoms with Crippen LogP contribution in [0.3, 0.4) is 0 Å². The molecule has 0 aromatic heterocycles. The lowest BCUT2D eigenvalue weighted by atomic mass is 9.67. The van der Waals surface area contributed by atoms with Gasteiger partial charge >= 0.3 is 0 Å². The summed E-state index contributed by atoms with van der Waals surface area (Å²) in [6.07, 6.45) is 11.6. The van der Waals surface area contributed by atoms with E-state index in [2.05, 4.69) is 264 Å². The molecular formula is C68H56. The molecular weight excluding hydrogens is 817 g/mol. The van der Waals surface area contributed by atoms with Gasteiger partial charge in [-0.3, -0.25) is 0 Å². The number of aryl methyl sites for hydroxylation is 5. The Balaban J connectivity index is 0.000000116. The first-order valence-corrected chi connectivity index (χ1v) is 24.3. The molecule has 328 valence electrons. The summed E-state index contributed by atoms with van der Waals surface area (Å²) in [5.74, 6) is 0.450. The molecule has 0 N–H and O–H groups in total. The molecule has 0 bridgehead atoms. The zero-order valence-corrected chi connectivity index (χ0v) is 39.5. The van der Waals surface area contributed by atoms with Crippen molar-refractivity contribution in [2.45, 2.75) is 46.0 Å². The van der Waals surface area contributed by atoms with Crippen molar-refractivity contribution in [3.63, 3.8) is 0 Å². The molecule has 1 unspecified atom stereocenters. The van der Waals surface area contributed by atoms with E-state index in [4.69, 9.17) is 0 Å². The SMILES string of the molecule is Cc1ccc(-c2ccc3c(c2)c2c(c4ccccc43)C=CC(C)C=C2)cc1.Cc1ccc2c(c1)-c1ccccc1CC2.Cc1ccc2c(c1)C(c1ccccc1)(c1ccccc1)c1ccccc1-2. The number of allylic oxidation sites excluding steroid dienone is 2. The van der Waals surface area contributed by atoms with Gasteiger partial charge in [-0.2, -0.15) is 0 Å². The Kier molecular flexibility index (Phi) is 11.4. The quantitative estimate of drug-likeness (QED) is 0.155. The van der Waals surface area contributed by atoms with E-state index in [1.807, 2.05) is 0 Å². The number of benzene rings is 10. The maximum absolute atomic E-state index is 2.37. The highest BCUT2D eigenvalue weighted by Gasteiger charge is 2.45. The van der Waals surface area contributed by atoms with Crippen LogP contribution >= 0.6 is 0 Å². The summed E-state index contributed by atoms with van der Waals surface area (Å²) in [4.78, 5) is 0. The molecule has 0 radical (unpaired) electrons. The van der Waals surface area contributed by atoms with Crippen molar-refractivity contribution >= 4 is 33.7 Å². The van der Waals surface area contributed by atoms with Crippen molar-refractivity contribution in [2.75, 3.05) is 0 Å². The van der Waals surface area contributed by atoms with Crippen molar-refractivity contribution in [1.82, 2.24) is 0 Å². The van der Waals surface area contributed by atoms with Crippen LogP contribution in [0.5, 0.6) is 0 Å². The van der Waals surface area contributed by atoms with Gasteiger partial charge in [-0.15, -0.1) is 0 Å². The number of fused-ring (bicyclic) bond motifs is 12. The Morgan fingerprint density at radius 1 is 0.353 bits per heavy atom. The molecule has 0 saturated carbocycles. The summed E-state index contributed by atoms with van der Waals surface area (Å²) in [6.45, 7) is 8.72. The van der Waals surface area contributed by atoms with Gasteiger partial charge in [0.25, 0.3) is 0 Å². The lowest BCUT2D eigenvalue weighted by Crippen LogP contribution is -2.28. The lowest BCUT2D eigenvalue weighted by Gasteiger charge is -2.34. The van der Waals surface area contributed by atoms with E-state index < -0.39 is 0 Å². The second-order valence-electron chi connectivity index (χ2n) is 19.0. The molecule has 3 aliphatic carbocycles. The first-order chi connectivity index (χ1) is 33.4. The van der Waals surface area contributed by atoms with Gasteiger partial charge in [0.15, 0.2) is 0 Å². The third-order valence-corrected chi connectivity index (χ3v) is 14.5. The standard InChI is InChI=1S/C27H22.C26H20.C15H14/c1-18-7-11-20(12-8-18)21-13-16-26-23-6-4-3-5-22(23)24-14-9-19(2)10-15-25(24)27(26)17-21;1-19-16-17-23-22-14-8-9-15-24(22)26(25(23)18-19,20-10-4-2-5-11-20)21-12-6-3-7-13-21;1-11-6-7-13-9-8-12-4-2-3-5-14(12)15(13)10-11/h3-17,19H,1-2H3;2-18H,1H3;2-7,10H,8-9H2,1H3. The second-order valence-corrected chi connectivity index (χ2v) is 19.0. The average Bonchev–Trinajstić information content (AvgIpc) is 3.53. The smallest absolute Gasteiger partial charge is 0.0713 e. The summed E-state index contributed by atoms with van der Waals surface area (Å²) in [5, 5.41) is 5.32. The van der Waals surface area contributed by atoms with E-state index in [1.165, 1.54) is 129 Å². The Bertz CT molecular complexity index is 3490. The van der Waals surface area contributed by atoms with Crippen molar-refractivity contribution in [2.24, 2.45) is 5.92 Å². The van der Waals surface area contributed by atoms with Gasteiger partial charge in [0, 0.05) is 0 Å². The van der Waals surface area contributed by atoms with Crippen LogP contribution in [0.4, 0.5) is 0 Å². The Morgan fingerprint density at radius 2 is 0.868 bits per heavy atom. The Labute approximate surface area is 402 Å². The second kappa shape index (κ2) is 18.1. The zero-order valence-electron chi connectivity index (χ0n) is 39.5. The molecule has 10 aromatic rings. The van der Waals surface area contributed by atoms with Crippen LogP contribution in [-0.4, -0.2) is 0 Å². The highest BCUT2D eigenvalue weighted by Crippen LogP contribution is 2.56. The molecule has 0 saturated heterocycles. The minimum absolute atomic E-state index is 0.263. The molecule has 10 aromatic carbocycles. The fraction of sp³-hybridized carbons (Fsp3) is 0.118. The third-order valence-electron chi connectivity index (χ3n) is 14.5. The van der Waals surface area contributed by atoms with Crippen LogP contribution in [0.15, 0.2) is 224 Å². The molecule has 68 heavy (non-hydrogen) atoms.